The SMILES string of the molecule is CN(C)C(=O)Cn1cc(Nc2ncc(Cl)c(NCc3ccccc3)n2)cn1. The average Bonchev–Trinajstić information content (AvgIpc) is 3.09. The van der Waals surface area contributed by atoms with Crippen LogP contribution >= 0.6 is 11.6 Å². The maximum atomic E-state index is 11.7. The largest absolute Gasteiger partial charge is 0.365 e. The van der Waals surface area contributed by atoms with E-state index in [2.05, 4.69) is 25.7 Å². The van der Waals surface area contributed by atoms with Gasteiger partial charge in [-0.05, 0) is 5.56 Å². The maximum absolute atomic E-state index is 11.7. The maximum Gasteiger partial charge on any atom is 0.243 e. The molecule has 140 valence electrons. The lowest BCUT2D eigenvalue weighted by Crippen LogP contribution is -2.26. The number of anilines is 3. The molecule has 0 aliphatic carbocycles. The van der Waals surface area contributed by atoms with Gasteiger partial charge in [0.15, 0.2) is 5.82 Å². The number of amides is 1. The minimum absolute atomic E-state index is 0.0419. The van der Waals surface area contributed by atoms with E-state index in [0.29, 0.717) is 29.0 Å². The lowest BCUT2D eigenvalue weighted by atomic mass is 10.2. The van der Waals surface area contributed by atoms with Crippen LogP contribution in [0.4, 0.5) is 17.5 Å². The van der Waals surface area contributed by atoms with Crippen molar-refractivity contribution < 1.29 is 4.79 Å². The van der Waals surface area contributed by atoms with Crippen LogP contribution in [-0.4, -0.2) is 44.7 Å². The van der Waals surface area contributed by atoms with Gasteiger partial charge in [0.1, 0.15) is 11.6 Å². The zero-order valence-corrected chi connectivity index (χ0v) is 15.8. The Morgan fingerprint density at radius 3 is 2.74 bits per heavy atom. The molecule has 9 heteroatoms. The normalized spacial score (nSPS) is 10.5. The molecule has 2 heterocycles. The molecule has 2 aromatic heterocycles. The van der Waals surface area contributed by atoms with Crippen molar-refractivity contribution in [1.82, 2.24) is 24.6 Å². The first-order chi connectivity index (χ1) is 13.0. The minimum Gasteiger partial charge on any atom is -0.365 e. The number of likely N-dealkylation sites (N-methyl/N-ethyl adjacent to an activating group) is 1. The van der Waals surface area contributed by atoms with E-state index in [1.807, 2.05) is 30.3 Å². The molecular formula is C18H20ClN7O. The van der Waals surface area contributed by atoms with Crippen LogP contribution in [-0.2, 0) is 17.9 Å². The van der Waals surface area contributed by atoms with Crippen LogP contribution in [0.5, 0.6) is 0 Å². The van der Waals surface area contributed by atoms with Gasteiger partial charge < -0.3 is 15.5 Å². The van der Waals surface area contributed by atoms with E-state index in [-0.39, 0.29) is 12.5 Å². The molecular weight excluding hydrogens is 366 g/mol. The number of benzene rings is 1. The highest BCUT2D eigenvalue weighted by molar-refractivity contribution is 6.32. The third kappa shape index (κ3) is 5.18. The van der Waals surface area contributed by atoms with Gasteiger partial charge in [-0.2, -0.15) is 10.1 Å². The molecule has 0 aliphatic rings. The van der Waals surface area contributed by atoms with Crippen molar-refractivity contribution in [1.29, 1.82) is 0 Å². The summed E-state index contributed by atoms with van der Waals surface area (Å²) in [5, 5.41) is 10.9. The molecule has 3 aromatic rings. The molecule has 0 spiro atoms. The topological polar surface area (TPSA) is 88.0 Å². The number of hydrogen-bond acceptors (Lipinski definition) is 6. The Morgan fingerprint density at radius 2 is 2.00 bits per heavy atom. The first kappa shape index (κ1) is 18.7. The summed E-state index contributed by atoms with van der Waals surface area (Å²) in [6.07, 6.45) is 4.86. The van der Waals surface area contributed by atoms with Crippen molar-refractivity contribution in [2.24, 2.45) is 0 Å². The first-order valence-electron chi connectivity index (χ1n) is 8.31. The fourth-order valence-corrected chi connectivity index (χ4v) is 2.41. The third-order valence-corrected chi connectivity index (χ3v) is 4.01. The van der Waals surface area contributed by atoms with Gasteiger partial charge in [-0.3, -0.25) is 9.48 Å². The van der Waals surface area contributed by atoms with E-state index in [0.717, 1.165) is 5.56 Å². The molecule has 0 unspecified atom stereocenters. The van der Waals surface area contributed by atoms with Crippen LogP contribution in [0, 0.1) is 0 Å². The summed E-state index contributed by atoms with van der Waals surface area (Å²) in [5.41, 5.74) is 1.80. The van der Waals surface area contributed by atoms with Crippen molar-refractivity contribution >= 4 is 35.0 Å². The fraction of sp³-hybridized carbons (Fsp3) is 0.222. The van der Waals surface area contributed by atoms with Gasteiger partial charge in [0.2, 0.25) is 11.9 Å². The number of halogens is 1. The Labute approximate surface area is 162 Å². The van der Waals surface area contributed by atoms with Crippen LogP contribution in [0.1, 0.15) is 5.56 Å². The van der Waals surface area contributed by atoms with Crippen LogP contribution in [0.15, 0.2) is 48.9 Å². The van der Waals surface area contributed by atoms with E-state index in [9.17, 15) is 4.79 Å². The zero-order valence-electron chi connectivity index (χ0n) is 15.1. The van der Waals surface area contributed by atoms with Gasteiger partial charge in [0, 0.05) is 26.8 Å². The second-order valence-electron chi connectivity index (χ2n) is 6.07. The number of carbonyl (C=O) groups excluding carboxylic acids is 1. The van der Waals surface area contributed by atoms with Crippen molar-refractivity contribution in [2.45, 2.75) is 13.1 Å². The zero-order chi connectivity index (χ0) is 19.2. The van der Waals surface area contributed by atoms with Crippen molar-refractivity contribution in [3.8, 4) is 0 Å². The molecule has 0 fully saturated rings. The van der Waals surface area contributed by atoms with Crippen molar-refractivity contribution in [3.05, 3.63) is 59.5 Å². The molecule has 1 aromatic carbocycles. The first-order valence-corrected chi connectivity index (χ1v) is 8.69. The number of nitrogens with one attached hydrogen (secondary N) is 2. The molecule has 0 bridgehead atoms. The summed E-state index contributed by atoms with van der Waals surface area (Å²) in [6, 6.07) is 9.96. The molecule has 0 aliphatic heterocycles. The monoisotopic (exact) mass is 385 g/mol. The van der Waals surface area contributed by atoms with Crippen LogP contribution < -0.4 is 10.6 Å². The summed E-state index contributed by atoms with van der Waals surface area (Å²) < 4.78 is 1.55. The Bertz CT molecular complexity index is 911. The van der Waals surface area contributed by atoms with Gasteiger partial charge in [-0.1, -0.05) is 41.9 Å². The van der Waals surface area contributed by atoms with Crippen LogP contribution in [0.3, 0.4) is 0 Å². The molecule has 0 saturated carbocycles. The molecule has 0 radical (unpaired) electrons. The van der Waals surface area contributed by atoms with Gasteiger partial charge >= 0.3 is 0 Å². The molecule has 0 atom stereocenters. The third-order valence-electron chi connectivity index (χ3n) is 3.73. The van der Waals surface area contributed by atoms with Gasteiger partial charge in [0.05, 0.1) is 18.1 Å². The number of nitrogens with zero attached hydrogens (tertiary/aromatic N) is 5. The van der Waals surface area contributed by atoms with E-state index in [1.165, 1.54) is 11.1 Å². The summed E-state index contributed by atoms with van der Waals surface area (Å²) in [4.78, 5) is 21.8. The summed E-state index contributed by atoms with van der Waals surface area (Å²) >= 11 is 6.18. The van der Waals surface area contributed by atoms with Crippen molar-refractivity contribution in [3.63, 3.8) is 0 Å². The lowest BCUT2D eigenvalue weighted by molar-refractivity contribution is -0.129. The quantitative estimate of drug-likeness (QED) is 0.650. The number of carbonyl (C=O) groups is 1. The summed E-state index contributed by atoms with van der Waals surface area (Å²) in [5.74, 6) is 0.876. The second-order valence-corrected chi connectivity index (χ2v) is 6.48. The number of aromatic nitrogens is 4. The summed E-state index contributed by atoms with van der Waals surface area (Å²) in [7, 11) is 3.41. The van der Waals surface area contributed by atoms with Crippen LogP contribution in [0.2, 0.25) is 5.02 Å². The molecule has 3 rings (SSSR count). The predicted octanol–water partition coefficient (Wildman–Crippen LogP) is 2.77. The van der Waals surface area contributed by atoms with Gasteiger partial charge in [0.25, 0.3) is 0 Å². The summed E-state index contributed by atoms with van der Waals surface area (Å²) in [6.45, 7) is 0.766. The molecule has 0 saturated heterocycles. The van der Waals surface area contributed by atoms with E-state index >= 15 is 0 Å². The number of rotatable bonds is 7. The lowest BCUT2D eigenvalue weighted by Gasteiger charge is -2.10. The van der Waals surface area contributed by atoms with Gasteiger partial charge in [-0.15, -0.1) is 0 Å². The van der Waals surface area contributed by atoms with Crippen molar-refractivity contribution in [2.75, 3.05) is 24.7 Å². The fourth-order valence-electron chi connectivity index (χ4n) is 2.26. The van der Waals surface area contributed by atoms with Crippen LogP contribution in [0.25, 0.3) is 0 Å². The highest BCUT2D eigenvalue weighted by Gasteiger charge is 2.09. The Balaban J connectivity index is 1.65. The smallest absolute Gasteiger partial charge is 0.243 e. The predicted molar refractivity (Wildman–Crippen MR) is 105 cm³/mol. The standard InChI is InChI=1S/C18H20ClN7O/c1-25(2)16(27)12-26-11-14(9-22-26)23-18-21-10-15(19)17(24-18)20-8-13-6-4-3-5-7-13/h3-7,9-11H,8,12H2,1-2H3,(H2,20,21,23,24). The Kier molecular flexibility index (Phi) is 5.87. The molecule has 2 N–H and O–H groups in total. The average molecular weight is 386 g/mol. The molecule has 1 amide bonds. The van der Waals surface area contributed by atoms with E-state index in [4.69, 9.17) is 11.6 Å². The Morgan fingerprint density at radius 1 is 1.22 bits per heavy atom. The Hall–Kier alpha value is -3.13. The van der Waals surface area contributed by atoms with E-state index < -0.39 is 0 Å². The highest BCUT2D eigenvalue weighted by atomic mass is 35.5. The minimum atomic E-state index is -0.0419. The number of hydrogen-bond donors (Lipinski definition) is 2. The highest BCUT2D eigenvalue weighted by Crippen LogP contribution is 2.22. The van der Waals surface area contributed by atoms with Gasteiger partial charge in [-0.25, -0.2) is 4.98 Å². The second kappa shape index (κ2) is 8.50. The van der Waals surface area contributed by atoms with E-state index in [1.54, 1.807) is 31.2 Å². The molecule has 8 nitrogen and oxygen atoms in total. The molecule has 27 heavy (non-hydrogen) atoms.